The molecule has 7 nitrogen and oxygen atoms in total. The Balaban J connectivity index is 1.62. The molecule has 0 fully saturated rings. The Morgan fingerprint density at radius 1 is 0.939 bits per heavy atom. The van der Waals surface area contributed by atoms with Crippen LogP contribution in [0.1, 0.15) is 11.5 Å². The first kappa shape index (κ1) is 22.4. The van der Waals surface area contributed by atoms with Crippen molar-refractivity contribution in [3.63, 3.8) is 0 Å². The standard InChI is InChI=1S/C21H15F5N4O3/c22-15-6-17(24)16(23)5-14(15)12(9-31)10-32-19-8-27-7-18-28-29-20(30(18)19)11-1-3-13(4-2-11)33-21(25)26/h1-8,12,21,31H,9-10H2. The fourth-order valence-electron chi connectivity index (χ4n) is 3.17. The number of hydrogen-bond acceptors (Lipinski definition) is 6. The molecule has 2 heterocycles. The number of rotatable bonds is 8. The topological polar surface area (TPSA) is 81.8 Å². The molecule has 0 aliphatic rings. The normalized spacial score (nSPS) is 12.3. The lowest BCUT2D eigenvalue weighted by Crippen LogP contribution is -2.17. The molecule has 0 amide bonds. The highest BCUT2D eigenvalue weighted by atomic mass is 19.3. The van der Waals surface area contributed by atoms with Gasteiger partial charge in [-0.05, 0) is 35.9 Å². The van der Waals surface area contributed by atoms with E-state index >= 15 is 0 Å². The molecular formula is C21H15F5N4O3. The molecule has 12 heteroatoms. The molecule has 0 aliphatic heterocycles. The SMILES string of the molecule is OCC(COc1cncc2nnc(-c3ccc(OC(F)F)cc3)n12)c1cc(F)c(F)cc1F. The van der Waals surface area contributed by atoms with E-state index in [9.17, 15) is 27.1 Å². The molecule has 1 atom stereocenters. The van der Waals surface area contributed by atoms with E-state index in [0.29, 0.717) is 17.7 Å². The van der Waals surface area contributed by atoms with Crippen LogP contribution in [0.15, 0.2) is 48.8 Å². The number of fused-ring (bicyclic) bond motifs is 1. The fraction of sp³-hybridized carbons (Fsp3) is 0.190. The average molecular weight is 466 g/mol. The van der Waals surface area contributed by atoms with Crippen molar-refractivity contribution in [3.8, 4) is 23.0 Å². The Labute approximate surface area is 183 Å². The third kappa shape index (κ3) is 4.70. The highest BCUT2D eigenvalue weighted by Crippen LogP contribution is 2.27. The second-order valence-corrected chi connectivity index (χ2v) is 6.84. The van der Waals surface area contributed by atoms with Gasteiger partial charge in [-0.3, -0.25) is 4.98 Å². The summed E-state index contributed by atoms with van der Waals surface area (Å²) in [5.74, 6) is -4.28. The maximum Gasteiger partial charge on any atom is 0.387 e. The van der Waals surface area contributed by atoms with Gasteiger partial charge in [-0.15, -0.1) is 10.2 Å². The Bertz CT molecular complexity index is 1270. The fourth-order valence-corrected chi connectivity index (χ4v) is 3.17. The molecule has 33 heavy (non-hydrogen) atoms. The highest BCUT2D eigenvalue weighted by Gasteiger charge is 2.21. The molecule has 4 aromatic rings. The largest absolute Gasteiger partial charge is 0.477 e. The molecule has 0 saturated heterocycles. The zero-order valence-corrected chi connectivity index (χ0v) is 16.6. The lowest BCUT2D eigenvalue weighted by molar-refractivity contribution is -0.0498. The molecule has 2 aromatic heterocycles. The minimum absolute atomic E-state index is 0.0416. The van der Waals surface area contributed by atoms with Crippen molar-refractivity contribution in [3.05, 3.63) is 71.8 Å². The summed E-state index contributed by atoms with van der Waals surface area (Å²) < 4.78 is 77.2. The maximum atomic E-state index is 14.1. The Hall–Kier alpha value is -3.80. The van der Waals surface area contributed by atoms with E-state index in [4.69, 9.17) is 4.74 Å². The van der Waals surface area contributed by atoms with Crippen LogP contribution < -0.4 is 9.47 Å². The highest BCUT2D eigenvalue weighted by molar-refractivity contribution is 5.61. The van der Waals surface area contributed by atoms with Crippen LogP contribution in [0, 0.1) is 17.5 Å². The predicted molar refractivity (Wildman–Crippen MR) is 104 cm³/mol. The number of aromatic nitrogens is 4. The van der Waals surface area contributed by atoms with Crippen LogP contribution in [0.4, 0.5) is 22.0 Å². The van der Waals surface area contributed by atoms with E-state index < -0.39 is 36.6 Å². The van der Waals surface area contributed by atoms with E-state index in [2.05, 4.69) is 19.9 Å². The summed E-state index contributed by atoms with van der Waals surface area (Å²) in [6.07, 6.45) is 2.72. The van der Waals surface area contributed by atoms with Crippen molar-refractivity contribution in [1.29, 1.82) is 0 Å². The van der Waals surface area contributed by atoms with Gasteiger partial charge in [-0.25, -0.2) is 17.6 Å². The summed E-state index contributed by atoms with van der Waals surface area (Å²) in [6.45, 7) is -3.88. The first-order valence-corrected chi connectivity index (χ1v) is 9.50. The van der Waals surface area contributed by atoms with Crippen LogP contribution >= 0.6 is 0 Å². The maximum absolute atomic E-state index is 14.1. The summed E-state index contributed by atoms with van der Waals surface area (Å²) in [7, 11) is 0. The first-order valence-electron chi connectivity index (χ1n) is 9.50. The Kier molecular flexibility index (Phi) is 6.36. The number of aliphatic hydroxyl groups excluding tert-OH is 1. The van der Waals surface area contributed by atoms with Gasteiger partial charge in [0.1, 0.15) is 11.6 Å². The Morgan fingerprint density at radius 3 is 2.36 bits per heavy atom. The van der Waals surface area contributed by atoms with Crippen molar-refractivity contribution in [2.45, 2.75) is 12.5 Å². The number of benzene rings is 2. The van der Waals surface area contributed by atoms with E-state index in [1.807, 2.05) is 0 Å². The van der Waals surface area contributed by atoms with Gasteiger partial charge in [-0.2, -0.15) is 8.78 Å². The molecule has 172 valence electrons. The lowest BCUT2D eigenvalue weighted by Gasteiger charge is -2.17. The monoisotopic (exact) mass is 466 g/mol. The Morgan fingerprint density at radius 2 is 1.67 bits per heavy atom. The summed E-state index contributed by atoms with van der Waals surface area (Å²) in [6, 6.07) is 6.71. The number of nitrogens with zero attached hydrogens (tertiary/aromatic N) is 4. The van der Waals surface area contributed by atoms with Gasteiger partial charge < -0.3 is 14.6 Å². The van der Waals surface area contributed by atoms with Gasteiger partial charge in [0.05, 0.1) is 25.6 Å². The molecule has 1 unspecified atom stereocenters. The molecule has 0 bridgehead atoms. The van der Waals surface area contributed by atoms with E-state index in [1.165, 1.54) is 41.1 Å². The molecule has 0 radical (unpaired) electrons. The van der Waals surface area contributed by atoms with Crippen molar-refractivity contribution >= 4 is 5.65 Å². The van der Waals surface area contributed by atoms with Crippen molar-refractivity contribution in [2.75, 3.05) is 13.2 Å². The van der Waals surface area contributed by atoms with Crippen LogP contribution in [0.2, 0.25) is 0 Å². The van der Waals surface area contributed by atoms with Gasteiger partial charge in [0.25, 0.3) is 0 Å². The third-order valence-electron chi connectivity index (χ3n) is 4.75. The molecule has 1 N–H and O–H groups in total. The number of alkyl halides is 2. The minimum Gasteiger partial charge on any atom is -0.477 e. The van der Waals surface area contributed by atoms with Gasteiger partial charge in [0, 0.05) is 17.5 Å². The average Bonchev–Trinajstić information content (AvgIpc) is 3.22. The van der Waals surface area contributed by atoms with Crippen LogP contribution in [-0.2, 0) is 0 Å². The van der Waals surface area contributed by atoms with E-state index in [0.717, 1.165) is 0 Å². The van der Waals surface area contributed by atoms with Gasteiger partial charge >= 0.3 is 6.61 Å². The predicted octanol–water partition coefficient (Wildman–Crippen LogP) is 3.96. The quantitative estimate of drug-likeness (QED) is 0.313. The van der Waals surface area contributed by atoms with Gasteiger partial charge in [0.2, 0.25) is 5.88 Å². The number of ether oxygens (including phenoxy) is 2. The molecule has 0 saturated carbocycles. The van der Waals surface area contributed by atoms with Crippen LogP contribution in [0.3, 0.4) is 0 Å². The first-order chi connectivity index (χ1) is 15.9. The zero-order valence-electron chi connectivity index (χ0n) is 16.6. The molecular weight excluding hydrogens is 451 g/mol. The van der Waals surface area contributed by atoms with Crippen LogP contribution in [0.5, 0.6) is 11.6 Å². The molecule has 2 aromatic carbocycles. The van der Waals surface area contributed by atoms with Crippen molar-refractivity contribution < 1.29 is 36.5 Å². The summed E-state index contributed by atoms with van der Waals surface area (Å²) in [5.41, 5.74) is 0.524. The van der Waals surface area contributed by atoms with E-state index in [1.54, 1.807) is 0 Å². The summed E-state index contributed by atoms with van der Waals surface area (Å²) >= 11 is 0. The van der Waals surface area contributed by atoms with Gasteiger partial charge in [0.15, 0.2) is 23.1 Å². The molecule has 4 rings (SSSR count). The number of hydrogen-bond donors (Lipinski definition) is 1. The molecule has 0 aliphatic carbocycles. The lowest BCUT2D eigenvalue weighted by atomic mass is 10.00. The number of halogens is 5. The number of aliphatic hydroxyl groups is 1. The van der Waals surface area contributed by atoms with Crippen molar-refractivity contribution in [2.24, 2.45) is 0 Å². The van der Waals surface area contributed by atoms with Gasteiger partial charge in [-0.1, -0.05) is 0 Å². The zero-order chi connectivity index (χ0) is 23.5. The van der Waals surface area contributed by atoms with Crippen molar-refractivity contribution in [1.82, 2.24) is 19.6 Å². The minimum atomic E-state index is -2.96. The van der Waals surface area contributed by atoms with Crippen LogP contribution in [-0.4, -0.2) is 44.5 Å². The second kappa shape index (κ2) is 9.36. The smallest absolute Gasteiger partial charge is 0.387 e. The van der Waals surface area contributed by atoms with E-state index in [-0.39, 0.29) is 35.3 Å². The third-order valence-corrected chi connectivity index (χ3v) is 4.75. The summed E-state index contributed by atoms with van der Waals surface area (Å²) in [5, 5.41) is 17.7. The summed E-state index contributed by atoms with van der Waals surface area (Å²) in [4.78, 5) is 3.99. The second-order valence-electron chi connectivity index (χ2n) is 6.84. The molecule has 0 spiro atoms. The van der Waals surface area contributed by atoms with Crippen LogP contribution in [0.25, 0.3) is 17.0 Å².